The molecule has 1 aromatic rings. The third-order valence-corrected chi connectivity index (χ3v) is 4.15. The summed E-state index contributed by atoms with van der Waals surface area (Å²) in [5, 5.41) is 13.1. The molecule has 0 spiro atoms. The zero-order valence-electron chi connectivity index (χ0n) is 10.8. The van der Waals surface area contributed by atoms with Crippen LogP contribution in [-0.2, 0) is 0 Å². The van der Waals surface area contributed by atoms with Crippen molar-refractivity contribution in [1.82, 2.24) is 10.2 Å². The largest absolute Gasteiger partial charge is 0.314 e. The van der Waals surface area contributed by atoms with Crippen LogP contribution < -0.4 is 5.32 Å². The number of piperazine rings is 1. The number of rotatable bonds is 3. The first-order valence-corrected chi connectivity index (χ1v) is 7.16. The van der Waals surface area contributed by atoms with Crippen LogP contribution >= 0.6 is 52.3 Å². The van der Waals surface area contributed by atoms with Crippen LogP contribution in [0.3, 0.4) is 0 Å². The molecule has 0 aliphatic carbocycles. The fourth-order valence-corrected chi connectivity index (χ4v) is 2.98. The molecule has 0 saturated carbocycles. The highest BCUT2D eigenvalue weighted by atomic mass is 79.9. The van der Waals surface area contributed by atoms with Gasteiger partial charge in [-0.05, 0) is 23.8 Å². The Morgan fingerprint density at radius 2 is 2.00 bits per heavy atom. The minimum Gasteiger partial charge on any atom is -0.314 e. The van der Waals surface area contributed by atoms with E-state index in [1.54, 1.807) is 0 Å². The minimum atomic E-state index is 0. The van der Waals surface area contributed by atoms with E-state index < -0.39 is 0 Å². The number of halogens is 4. The van der Waals surface area contributed by atoms with Gasteiger partial charge in [-0.2, -0.15) is 5.26 Å². The van der Waals surface area contributed by atoms with Gasteiger partial charge in [-0.3, -0.25) is 4.90 Å². The van der Waals surface area contributed by atoms with Gasteiger partial charge in [0.2, 0.25) is 0 Å². The molecule has 0 unspecified atom stereocenters. The molecule has 20 heavy (non-hydrogen) atoms. The number of hydrogen-bond donors (Lipinski definition) is 1. The minimum absolute atomic E-state index is 0. The van der Waals surface area contributed by atoms with E-state index in [-0.39, 0.29) is 30.9 Å². The van der Waals surface area contributed by atoms with E-state index >= 15 is 0 Å². The first-order valence-electron chi connectivity index (χ1n) is 5.99. The summed E-state index contributed by atoms with van der Waals surface area (Å²) in [5.74, 6) is 0. The molecule has 0 radical (unpaired) electrons. The third kappa shape index (κ3) is 5.07. The Morgan fingerprint density at radius 3 is 2.60 bits per heavy atom. The van der Waals surface area contributed by atoms with E-state index in [2.05, 4.69) is 32.2 Å². The summed E-state index contributed by atoms with van der Waals surface area (Å²) in [7, 11) is 0. The van der Waals surface area contributed by atoms with Gasteiger partial charge in [0.25, 0.3) is 0 Å². The van der Waals surface area contributed by atoms with Crippen molar-refractivity contribution in [3.63, 3.8) is 0 Å². The lowest BCUT2D eigenvalue weighted by molar-refractivity contribution is 0.175. The highest BCUT2D eigenvalue weighted by molar-refractivity contribution is 9.10. The molecule has 1 aromatic carbocycles. The third-order valence-electron chi connectivity index (χ3n) is 3.19. The summed E-state index contributed by atoms with van der Waals surface area (Å²) in [6, 6.07) is 8.16. The zero-order chi connectivity index (χ0) is 13.0. The second kappa shape index (κ2) is 9.83. The SMILES string of the molecule is Cl.Cl.N#CC[C@H](c1cc(Cl)ccc1Br)N1CCNCC1. The average molecular weight is 402 g/mol. The van der Waals surface area contributed by atoms with Crippen molar-refractivity contribution in [3.8, 4) is 6.07 Å². The predicted molar refractivity (Wildman–Crippen MR) is 91.1 cm³/mol. The Bertz CT molecular complexity index is 459. The van der Waals surface area contributed by atoms with Gasteiger partial charge in [0.1, 0.15) is 0 Å². The van der Waals surface area contributed by atoms with E-state index in [0.717, 1.165) is 36.2 Å². The Morgan fingerprint density at radius 1 is 1.35 bits per heavy atom. The van der Waals surface area contributed by atoms with Gasteiger partial charge in [0.15, 0.2) is 0 Å². The highest BCUT2D eigenvalue weighted by Crippen LogP contribution is 2.32. The maximum absolute atomic E-state index is 9.05. The van der Waals surface area contributed by atoms with E-state index in [1.807, 2.05) is 18.2 Å². The molecule has 2 rings (SSSR count). The van der Waals surface area contributed by atoms with Crippen LogP contribution in [0, 0.1) is 11.3 Å². The summed E-state index contributed by atoms with van der Waals surface area (Å²) in [6.07, 6.45) is 0.485. The van der Waals surface area contributed by atoms with E-state index in [0.29, 0.717) is 11.4 Å². The fourth-order valence-electron chi connectivity index (χ4n) is 2.29. The number of nitriles is 1. The second-order valence-corrected chi connectivity index (χ2v) is 5.62. The van der Waals surface area contributed by atoms with E-state index in [1.165, 1.54) is 0 Å². The molecular weight excluding hydrogens is 384 g/mol. The molecule has 112 valence electrons. The topological polar surface area (TPSA) is 39.1 Å². The second-order valence-electron chi connectivity index (χ2n) is 4.33. The van der Waals surface area contributed by atoms with Crippen molar-refractivity contribution in [3.05, 3.63) is 33.3 Å². The van der Waals surface area contributed by atoms with Crippen LogP contribution in [0.2, 0.25) is 5.02 Å². The molecule has 0 bridgehead atoms. The number of nitrogens with zero attached hydrogens (tertiary/aromatic N) is 2. The summed E-state index contributed by atoms with van der Waals surface area (Å²) in [4.78, 5) is 2.34. The van der Waals surface area contributed by atoms with Crippen molar-refractivity contribution in [1.29, 1.82) is 5.26 Å². The van der Waals surface area contributed by atoms with Crippen molar-refractivity contribution < 1.29 is 0 Å². The molecule has 7 heteroatoms. The average Bonchev–Trinajstić information content (AvgIpc) is 2.40. The normalized spacial score (nSPS) is 16.4. The molecule has 1 atom stereocenters. The summed E-state index contributed by atoms with van der Waals surface area (Å²) in [5.41, 5.74) is 1.10. The molecule has 0 amide bonds. The molecule has 1 aliphatic heterocycles. The number of hydrogen-bond acceptors (Lipinski definition) is 3. The van der Waals surface area contributed by atoms with Gasteiger partial charge in [-0.15, -0.1) is 24.8 Å². The zero-order valence-corrected chi connectivity index (χ0v) is 14.8. The quantitative estimate of drug-likeness (QED) is 0.837. The first kappa shape index (κ1) is 20.0. The predicted octanol–water partition coefficient (Wildman–Crippen LogP) is 3.81. The van der Waals surface area contributed by atoms with Crippen LogP contribution in [0.25, 0.3) is 0 Å². The van der Waals surface area contributed by atoms with E-state index in [4.69, 9.17) is 16.9 Å². The molecule has 0 aromatic heterocycles. The lowest BCUT2D eigenvalue weighted by Crippen LogP contribution is -2.45. The van der Waals surface area contributed by atoms with Crippen LogP contribution in [0.4, 0.5) is 0 Å². The smallest absolute Gasteiger partial charge is 0.0641 e. The molecule has 1 aliphatic rings. The van der Waals surface area contributed by atoms with Crippen LogP contribution in [0.15, 0.2) is 22.7 Å². The summed E-state index contributed by atoms with van der Waals surface area (Å²) >= 11 is 9.62. The molecule has 1 N–H and O–H groups in total. The fraction of sp³-hybridized carbons (Fsp3) is 0.462. The molecular formula is C13H17BrCl3N3. The van der Waals surface area contributed by atoms with Crippen molar-refractivity contribution in [2.24, 2.45) is 0 Å². The van der Waals surface area contributed by atoms with Gasteiger partial charge >= 0.3 is 0 Å². The van der Waals surface area contributed by atoms with Gasteiger partial charge in [-0.1, -0.05) is 27.5 Å². The van der Waals surface area contributed by atoms with E-state index in [9.17, 15) is 0 Å². The van der Waals surface area contributed by atoms with Crippen LogP contribution in [0.1, 0.15) is 18.0 Å². The van der Waals surface area contributed by atoms with Crippen LogP contribution in [0.5, 0.6) is 0 Å². The monoisotopic (exact) mass is 399 g/mol. The van der Waals surface area contributed by atoms with Crippen molar-refractivity contribution in [2.75, 3.05) is 26.2 Å². The highest BCUT2D eigenvalue weighted by Gasteiger charge is 2.23. The van der Waals surface area contributed by atoms with Crippen molar-refractivity contribution >= 4 is 52.3 Å². The number of nitrogens with one attached hydrogen (secondary N) is 1. The van der Waals surface area contributed by atoms with Crippen LogP contribution in [-0.4, -0.2) is 31.1 Å². The Kier molecular flexibility index (Phi) is 9.82. The Hall–Kier alpha value is -0.0200. The molecule has 1 fully saturated rings. The van der Waals surface area contributed by atoms with Gasteiger partial charge in [-0.25, -0.2) is 0 Å². The summed E-state index contributed by atoms with van der Waals surface area (Å²) < 4.78 is 1.02. The van der Waals surface area contributed by atoms with Gasteiger partial charge < -0.3 is 5.32 Å². The standard InChI is InChI=1S/C13H15BrClN3.2ClH/c14-12-2-1-10(15)9-11(12)13(3-4-16)18-7-5-17-6-8-18;;/h1-2,9,13,17H,3,5-8H2;2*1H/t13-;;/m1../s1. The maximum atomic E-state index is 9.05. The number of benzene rings is 1. The Labute approximate surface area is 145 Å². The molecule has 1 heterocycles. The van der Waals surface area contributed by atoms with Gasteiger partial charge in [0, 0.05) is 41.7 Å². The Balaban J connectivity index is 0.00000180. The molecule has 3 nitrogen and oxygen atoms in total. The van der Waals surface area contributed by atoms with Crippen molar-refractivity contribution in [2.45, 2.75) is 12.5 Å². The van der Waals surface area contributed by atoms with Gasteiger partial charge in [0.05, 0.1) is 12.5 Å². The molecule has 1 saturated heterocycles. The maximum Gasteiger partial charge on any atom is 0.0641 e. The lowest BCUT2D eigenvalue weighted by atomic mass is 10.0. The first-order chi connectivity index (χ1) is 8.72. The summed E-state index contributed by atoms with van der Waals surface area (Å²) in [6.45, 7) is 3.87. The lowest BCUT2D eigenvalue weighted by Gasteiger charge is -2.34.